The van der Waals surface area contributed by atoms with Crippen LogP contribution in [0.5, 0.6) is 11.5 Å². The Morgan fingerprint density at radius 2 is 1.70 bits per heavy atom. The van der Waals surface area contributed by atoms with Gasteiger partial charge in [0.25, 0.3) is 10.0 Å². The van der Waals surface area contributed by atoms with E-state index in [2.05, 4.69) is 4.72 Å². The Morgan fingerprint density at radius 1 is 0.957 bits per heavy atom. The number of sulfonamides is 1. The largest absolute Gasteiger partial charge is 0.490 e. The summed E-state index contributed by atoms with van der Waals surface area (Å²) in [6.45, 7) is 0.953. The van der Waals surface area contributed by atoms with Crippen molar-refractivity contribution in [2.75, 3.05) is 17.9 Å². The van der Waals surface area contributed by atoms with Gasteiger partial charge in [-0.15, -0.1) is 0 Å². The van der Waals surface area contributed by atoms with Gasteiger partial charge in [0.05, 0.1) is 18.9 Å². The van der Waals surface area contributed by atoms with Crippen LogP contribution >= 0.6 is 0 Å². The van der Waals surface area contributed by atoms with Crippen LogP contribution in [0.15, 0.2) is 41.3 Å². The summed E-state index contributed by atoms with van der Waals surface area (Å²) in [5.41, 5.74) is 0.165. The van der Waals surface area contributed by atoms with Crippen molar-refractivity contribution in [3.63, 3.8) is 0 Å². The number of nitrogens with one attached hydrogen (secondary N) is 1. The molecule has 1 aliphatic heterocycles. The minimum absolute atomic E-state index is 0.165. The van der Waals surface area contributed by atoms with E-state index >= 15 is 0 Å². The Morgan fingerprint density at radius 3 is 2.48 bits per heavy atom. The zero-order chi connectivity index (χ0) is 16.4. The molecule has 2 aromatic rings. The predicted molar refractivity (Wildman–Crippen MR) is 79.2 cm³/mol. The maximum Gasteiger partial charge on any atom is 0.264 e. The van der Waals surface area contributed by atoms with Crippen LogP contribution in [0.25, 0.3) is 0 Å². The summed E-state index contributed by atoms with van der Waals surface area (Å²) in [4.78, 5) is -0.760. The van der Waals surface area contributed by atoms with Crippen molar-refractivity contribution in [2.24, 2.45) is 0 Å². The van der Waals surface area contributed by atoms with Crippen molar-refractivity contribution in [3.05, 3.63) is 48.0 Å². The molecular formula is C15H13F2NO4S. The van der Waals surface area contributed by atoms with Crippen molar-refractivity contribution in [1.82, 2.24) is 0 Å². The van der Waals surface area contributed by atoms with Gasteiger partial charge in [0, 0.05) is 12.5 Å². The summed E-state index contributed by atoms with van der Waals surface area (Å²) in [7, 11) is -4.26. The lowest BCUT2D eigenvalue weighted by Crippen LogP contribution is -2.15. The van der Waals surface area contributed by atoms with E-state index in [4.69, 9.17) is 9.47 Å². The number of anilines is 1. The average molecular weight is 341 g/mol. The van der Waals surface area contributed by atoms with E-state index in [-0.39, 0.29) is 5.69 Å². The van der Waals surface area contributed by atoms with E-state index < -0.39 is 26.6 Å². The average Bonchev–Trinajstić information content (AvgIpc) is 2.74. The van der Waals surface area contributed by atoms with E-state index in [1.807, 2.05) is 0 Å². The van der Waals surface area contributed by atoms with E-state index in [1.54, 1.807) is 6.07 Å². The lowest BCUT2D eigenvalue weighted by Gasteiger charge is -2.12. The van der Waals surface area contributed by atoms with Gasteiger partial charge in [-0.2, -0.15) is 0 Å². The molecular weight excluding hydrogens is 328 g/mol. The normalized spacial score (nSPS) is 14.2. The van der Waals surface area contributed by atoms with Gasteiger partial charge in [-0.05, 0) is 30.3 Å². The molecule has 0 amide bonds. The molecule has 1 N–H and O–H groups in total. The van der Waals surface area contributed by atoms with Crippen LogP contribution in [0.3, 0.4) is 0 Å². The van der Waals surface area contributed by atoms with Crippen LogP contribution in [0.4, 0.5) is 14.5 Å². The second kappa shape index (κ2) is 6.04. The first kappa shape index (κ1) is 15.5. The maximum absolute atomic E-state index is 13.7. The monoisotopic (exact) mass is 341 g/mol. The third kappa shape index (κ3) is 3.37. The van der Waals surface area contributed by atoms with E-state index in [9.17, 15) is 17.2 Å². The highest BCUT2D eigenvalue weighted by Gasteiger charge is 2.21. The number of benzene rings is 2. The molecule has 1 heterocycles. The van der Waals surface area contributed by atoms with Crippen LogP contribution in [0.2, 0.25) is 0 Å². The zero-order valence-corrected chi connectivity index (χ0v) is 12.7. The molecule has 0 spiro atoms. The Hall–Kier alpha value is -2.35. The van der Waals surface area contributed by atoms with Crippen LogP contribution in [0, 0.1) is 11.6 Å². The molecule has 0 aromatic heterocycles. The van der Waals surface area contributed by atoms with Gasteiger partial charge in [0.15, 0.2) is 11.5 Å². The van der Waals surface area contributed by atoms with Gasteiger partial charge in [-0.25, -0.2) is 17.2 Å². The summed E-state index contributed by atoms with van der Waals surface area (Å²) in [5.74, 6) is -0.983. The lowest BCUT2D eigenvalue weighted by molar-refractivity contribution is 0.297. The highest BCUT2D eigenvalue weighted by Crippen LogP contribution is 2.33. The smallest absolute Gasteiger partial charge is 0.264 e. The minimum Gasteiger partial charge on any atom is -0.490 e. The van der Waals surface area contributed by atoms with Gasteiger partial charge >= 0.3 is 0 Å². The minimum atomic E-state index is -4.26. The fourth-order valence-electron chi connectivity index (χ4n) is 2.12. The van der Waals surface area contributed by atoms with Gasteiger partial charge in [-0.1, -0.05) is 0 Å². The first-order valence-electron chi connectivity index (χ1n) is 6.83. The third-order valence-corrected chi connectivity index (χ3v) is 4.58. The Labute approximate surface area is 131 Å². The summed E-state index contributed by atoms with van der Waals surface area (Å²) in [5, 5.41) is 0. The lowest BCUT2D eigenvalue weighted by atomic mass is 10.3. The molecule has 0 saturated heterocycles. The maximum atomic E-state index is 13.7. The third-order valence-electron chi connectivity index (χ3n) is 3.18. The number of hydrogen-bond acceptors (Lipinski definition) is 4. The Bertz CT molecular complexity index is 839. The van der Waals surface area contributed by atoms with Gasteiger partial charge < -0.3 is 9.47 Å². The molecule has 3 rings (SSSR count). The molecule has 8 heteroatoms. The second-order valence-electron chi connectivity index (χ2n) is 4.89. The molecule has 0 bridgehead atoms. The van der Waals surface area contributed by atoms with Gasteiger partial charge in [0.1, 0.15) is 16.5 Å². The first-order valence-corrected chi connectivity index (χ1v) is 8.31. The molecule has 0 atom stereocenters. The highest BCUT2D eigenvalue weighted by atomic mass is 32.2. The number of rotatable bonds is 3. The molecule has 23 heavy (non-hydrogen) atoms. The molecule has 0 fully saturated rings. The molecule has 1 aliphatic rings. The van der Waals surface area contributed by atoms with Crippen molar-refractivity contribution in [2.45, 2.75) is 11.3 Å². The predicted octanol–water partition coefficient (Wildman–Crippen LogP) is 2.93. The number of hydrogen-bond donors (Lipinski definition) is 1. The van der Waals surface area contributed by atoms with E-state index in [1.165, 1.54) is 12.1 Å². The standard InChI is InChI=1S/C15H13F2NO4S/c16-10-2-4-12(17)15(8-10)23(19,20)18-11-3-5-13-14(9-11)22-7-1-6-21-13/h2-5,8-9,18H,1,6-7H2. The number of halogens is 2. The summed E-state index contributed by atoms with van der Waals surface area (Å²) >= 11 is 0. The molecule has 0 aliphatic carbocycles. The van der Waals surface area contributed by atoms with E-state index in [0.29, 0.717) is 37.2 Å². The number of ether oxygens (including phenoxy) is 2. The van der Waals surface area contributed by atoms with Gasteiger partial charge in [-0.3, -0.25) is 4.72 Å². The molecule has 122 valence electrons. The van der Waals surface area contributed by atoms with Crippen molar-refractivity contribution in [1.29, 1.82) is 0 Å². The second-order valence-corrected chi connectivity index (χ2v) is 6.54. The SMILES string of the molecule is O=S(=O)(Nc1ccc2c(c1)OCCCO2)c1cc(F)ccc1F. The van der Waals surface area contributed by atoms with Gasteiger partial charge in [0.2, 0.25) is 0 Å². The van der Waals surface area contributed by atoms with Crippen LogP contribution in [0.1, 0.15) is 6.42 Å². The summed E-state index contributed by atoms with van der Waals surface area (Å²) in [6.07, 6.45) is 0.713. The summed E-state index contributed by atoms with van der Waals surface area (Å²) < 4.78 is 64.4. The molecule has 5 nitrogen and oxygen atoms in total. The molecule has 0 saturated carbocycles. The topological polar surface area (TPSA) is 64.6 Å². The zero-order valence-electron chi connectivity index (χ0n) is 11.9. The van der Waals surface area contributed by atoms with Crippen molar-refractivity contribution < 1.29 is 26.7 Å². The first-order chi connectivity index (χ1) is 11.0. The fraction of sp³-hybridized carbons (Fsp3) is 0.200. The molecule has 0 radical (unpaired) electrons. The molecule has 2 aromatic carbocycles. The van der Waals surface area contributed by atoms with Crippen LogP contribution < -0.4 is 14.2 Å². The highest BCUT2D eigenvalue weighted by molar-refractivity contribution is 7.92. The number of fused-ring (bicyclic) bond motifs is 1. The quantitative estimate of drug-likeness (QED) is 0.932. The fourth-order valence-corrected chi connectivity index (χ4v) is 3.26. The Balaban J connectivity index is 1.92. The molecule has 0 unspecified atom stereocenters. The summed E-state index contributed by atoms with van der Waals surface area (Å²) in [6, 6.07) is 6.69. The van der Waals surface area contributed by atoms with E-state index in [0.717, 1.165) is 12.1 Å². The Kier molecular flexibility index (Phi) is 4.08. The van der Waals surface area contributed by atoms with Crippen molar-refractivity contribution >= 4 is 15.7 Å². The van der Waals surface area contributed by atoms with Crippen LogP contribution in [-0.2, 0) is 10.0 Å². The van der Waals surface area contributed by atoms with Crippen LogP contribution in [-0.4, -0.2) is 21.6 Å². The van der Waals surface area contributed by atoms with Crippen molar-refractivity contribution in [3.8, 4) is 11.5 Å².